The largest absolute Gasteiger partial charge is 0.336 e. The molecule has 0 saturated heterocycles. The van der Waals surface area contributed by atoms with Crippen molar-refractivity contribution in [1.82, 2.24) is 14.9 Å². The molecular formula is C13H15FN4O. The van der Waals surface area contributed by atoms with Gasteiger partial charge in [0.15, 0.2) is 0 Å². The zero-order valence-corrected chi connectivity index (χ0v) is 10.3. The zero-order valence-electron chi connectivity index (χ0n) is 10.3. The molecule has 0 aliphatic carbocycles. The van der Waals surface area contributed by atoms with Crippen LogP contribution in [0.5, 0.6) is 0 Å². The van der Waals surface area contributed by atoms with Crippen molar-refractivity contribution in [3.8, 4) is 0 Å². The fraction of sp³-hybridized carbons (Fsp3) is 0.231. The number of amides is 1. The third-order valence-corrected chi connectivity index (χ3v) is 2.54. The zero-order chi connectivity index (χ0) is 13.5. The Hall–Kier alpha value is -2.21. The Bertz CT molecular complexity index is 527. The van der Waals surface area contributed by atoms with E-state index in [1.807, 2.05) is 10.8 Å². The number of hydrogen-bond donors (Lipinski definition) is 2. The van der Waals surface area contributed by atoms with Crippen LogP contribution in [0.4, 0.5) is 10.1 Å². The van der Waals surface area contributed by atoms with Gasteiger partial charge in [-0.05, 0) is 12.1 Å². The Kier molecular flexibility index (Phi) is 4.63. The molecule has 0 unspecified atom stereocenters. The lowest BCUT2D eigenvalue weighted by Crippen LogP contribution is -2.30. The quantitative estimate of drug-likeness (QED) is 0.770. The van der Waals surface area contributed by atoms with E-state index in [0.717, 1.165) is 6.54 Å². The summed E-state index contributed by atoms with van der Waals surface area (Å²) in [6.45, 7) is 1.51. The van der Waals surface area contributed by atoms with Crippen LogP contribution in [0, 0.1) is 5.82 Å². The first-order valence-corrected chi connectivity index (χ1v) is 5.96. The van der Waals surface area contributed by atoms with E-state index in [9.17, 15) is 9.18 Å². The van der Waals surface area contributed by atoms with E-state index >= 15 is 0 Å². The molecule has 1 aromatic carbocycles. The van der Waals surface area contributed by atoms with Crippen LogP contribution < -0.4 is 10.6 Å². The van der Waals surface area contributed by atoms with E-state index in [2.05, 4.69) is 15.6 Å². The van der Waals surface area contributed by atoms with E-state index in [0.29, 0.717) is 6.54 Å². The number of hydrogen-bond acceptors (Lipinski definition) is 3. The number of nitrogens with one attached hydrogen (secondary N) is 2. The lowest BCUT2D eigenvalue weighted by molar-refractivity contribution is -0.115. The SMILES string of the molecule is O=C(CNCCn1ccnc1)Nc1ccccc1F. The van der Waals surface area contributed by atoms with Crippen LogP contribution in [-0.4, -0.2) is 28.5 Å². The average molecular weight is 262 g/mol. The minimum absolute atomic E-state index is 0.142. The van der Waals surface area contributed by atoms with E-state index < -0.39 is 5.82 Å². The molecule has 0 aliphatic rings. The van der Waals surface area contributed by atoms with Crippen molar-refractivity contribution in [2.45, 2.75) is 6.54 Å². The van der Waals surface area contributed by atoms with Gasteiger partial charge in [0.25, 0.3) is 0 Å². The van der Waals surface area contributed by atoms with Crippen molar-refractivity contribution in [2.24, 2.45) is 0 Å². The summed E-state index contributed by atoms with van der Waals surface area (Å²) in [7, 11) is 0. The minimum atomic E-state index is -0.436. The Morgan fingerprint density at radius 2 is 2.21 bits per heavy atom. The highest BCUT2D eigenvalue weighted by atomic mass is 19.1. The molecule has 0 aliphatic heterocycles. The second-order valence-electron chi connectivity index (χ2n) is 4.01. The van der Waals surface area contributed by atoms with Crippen LogP contribution >= 0.6 is 0 Å². The van der Waals surface area contributed by atoms with Gasteiger partial charge < -0.3 is 15.2 Å². The maximum absolute atomic E-state index is 13.3. The molecule has 0 radical (unpaired) electrons. The van der Waals surface area contributed by atoms with E-state index in [-0.39, 0.29) is 18.1 Å². The van der Waals surface area contributed by atoms with Gasteiger partial charge in [-0.1, -0.05) is 12.1 Å². The van der Waals surface area contributed by atoms with Gasteiger partial charge in [-0.25, -0.2) is 9.37 Å². The van der Waals surface area contributed by atoms with Crippen molar-refractivity contribution in [2.75, 3.05) is 18.4 Å². The summed E-state index contributed by atoms with van der Waals surface area (Å²) in [6.07, 6.45) is 5.26. The summed E-state index contributed by atoms with van der Waals surface area (Å²) in [6, 6.07) is 6.08. The van der Waals surface area contributed by atoms with Gasteiger partial charge in [-0.2, -0.15) is 0 Å². The van der Waals surface area contributed by atoms with Gasteiger partial charge in [0, 0.05) is 25.5 Å². The van der Waals surface area contributed by atoms with Crippen LogP contribution in [-0.2, 0) is 11.3 Å². The Morgan fingerprint density at radius 3 is 2.95 bits per heavy atom. The molecule has 2 N–H and O–H groups in total. The number of rotatable bonds is 6. The number of imidazole rings is 1. The number of benzene rings is 1. The summed E-state index contributed by atoms with van der Waals surface area (Å²) in [5.74, 6) is -0.704. The summed E-state index contributed by atoms with van der Waals surface area (Å²) in [5, 5.41) is 5.49. The van der Waals surface area contributed by atoms with Gasteiger partial charge >= 0.3 is 0 Å². The highest BCUT2D eigenvalue weighted by molar-refractivity contribution is 5.92. The molecule has 1 aromatic heterocycles. The molecule has 0 fully saturated rings. The van der Waals surface area contributed by atoms with Gasteiger partial charge in [0.05, 0.1) is 18.6 Å². The molecule has 2 rings (SSSR count). The number of halogens is 1. The molecule has 1 heterocycles. The molecule has 1 amide bonds. The summed E-state index contributed by atoms with van der Waals surface area (Å²) < 4.78 is 15.2. The fourth-order valence-electron chi connectivity index (χ4n) is 1.59. The van der Waals surface area contributed by atoms with Crippen LogP contribution in [0.3, 0.4) is 0 Å². The van der Waals surface area contributed by atoms with E-state index in [4.69, 9.17) is 0 Å². The lowest BCUT2D eigenvalue weighted by atomic mass is 10.3. The second kappa shape index (κ2) is 6.65. The average Bonchev–Trinajstić information content (AvgIpc) is 2.91. The van der Waals surface area contributed by atoms with Crippen molar-refractivity contribution in [3.05, 3.63) is 48.8 Å². The molecule has 0 spiro atoms. The molecule has 0 atom stereocenters. The molecule has 100 valence electrons. The third kappa shape index (κ3) is 4.18. The number of carbonyl (C=O) groups is 1. The van der Waals surface area contributed by atoms with Crippen LogP contribution in [0.25, 0.3) is 0 Å². The van der Waals surface area contributed by atoms with Crippen LogP contribution in [0.1, 0.15) is 0 Å². The van der Waals surface area contributed by atoms with E-state index in [1.165, 1.54) is 12.1 Å². The third-order valence-electron chi connectivity index (χ3n) is 2.54. The second-order valence-corrected chi connectivity index (χ2v) is 4.01. The number of carbonyl (C=O) groups excluding carboxylic acids is 1. The summed E-state index contributed by atoms with van der Waals surface area (Å²) in [4.78, 5) is 15.5. The Balaban J connectivity index is 1.69. The number of anilines is 1. The molecule has 6 heteroatoms. The highest BCUT2D eigenvalue weighted by Gasteiger charge is 2.05. The molecule has 2 aromatic rings. The Morgan fingerprint density at radius 1 is 1.37 bits per heavy atom. The monoisotopic (exact) mass is 262 g/mol. The van der Waals surface area contributed by atoms with Crippen molar-refractivity contribution < 1.29 is 9.18 Å². The molecular weight excluding hydrogens is 247 g/mol. The molecule has 0 bridgehead atoms. The van der Waals surface area contributed by atoms with E-state index in [1.54, 1.807) is 24.7 Å². The normalized spacial score (nSPS) is 10.4. The first kappa shape index (κ1) is 13.2. The maximum atomic E-state index is 13.3. The van der Waals surface area contributed by atoms with Crippen LogP contribution in [0.15, 0.2) is 43.0 Å². The highest BCUT2D eigenvalue weighted by Crippen LogP contribution is 2.11. The topological polar surface area (TPSA) is 59.0 Å². The molecule has 5 nitrogen and oxygen atoms in total. The predicted molar refractivity (Wildman–Crippen MR) is 70.1 cm³/mol. The molecule has 19 heavy (non-hydrogen) atoms. The van der Waals surface area contributed by atoms with Gasteiger partial charge in [-0.3, -0.25) is 4.79 Å². The number of para-hydroxylation sites is 1. The molecule has 0 saturated carbocycles. The first-order chi connectivity index (χ1) is 9.25. The smallest absolute Gasteiger partial charge is 0.238 e. The van der Waals surface area contributed by atoms with Crippen LogP contribution in [0.2, 0.25) is 0 Å². The minimum Gasteiger partial charge on any atom is -0.336 e. The van der Waals surface area contributed by atoms with Gasteiger partial charge in [0.1, 0.15) is 5.82 Å². The van der Waals surface area contributed by atoms with Crippen molar-refractivity contribution in [3.63, 3.8) is 0 Å². The maximum Gasteiger partial charge on any atom is 0.238 e. The van der Waals surface area contributed by atoms with Crippen molar-refractivity contribution >= 4 is 11.6 Å². The number of nitrogens with zero attached hydrogens (tertiary/aromatic N) is 2. The predicted octanol–water partition coefficient (Wildman–Crippen LogP) is 1.25. The summed E-state index contributed by atoms with van der Waals surface area (Å²) in [5.41, 5.74) is 0.198. The Labute approximate surface area is 110 Å². The standard InChI is InChI=1S/C13H15FN4O/c14-11-3-1-2-4-12(11)17-13(19)9-15-5-7-18-8-6-16-10-18/h1-4,6,8,10,15H,5,7,9H2,(H,17,19). The fourth-order valence-corrected chi connectivity index (χ4v) is 1.59. The summed E-state index contributed by atoms with van der Waals surface area (Å²) >= 11 is 0. The number of aromatic nitrogens is 2. The van der Waals surface area contributed by atoms with Gasteiger partial charge in [0.2, 0.25) is 5.91 Å². The van der Waals surface area contributed by atoms with Crippen molar-refractivity contribution in [1.29, 1.82) is 0 Å². The lowest BCUT2D eigenvalue weighted by Gasteiger charge is -2.07. The van der Waals surface area contributed by atoms with Gasteiger partial charge in [-0.15, -0.1) is 0 Å². The first-order valence-electron chi connectivity index (χ1n) is 5.96.